The lowest BCUT2D eigenvalue weighted by Crippen LogP contribution is -2.10. The first-order valence-electron chi connectivity index (χ1n) is 10.8. The molecular weight excluding hydrogens is 462 g/mol. The van der Waals surface area contributed by atoms with Crippen LogP contribution in [0, 0.1) is 15.9 Å². The Hall–Kier alpha value is -3.17. The van der Waals surface area contributed by atoms with Crippen molar-refractivity contribution in [2.45, 2.75) is 13.0 Å². The van der Waals surface area contributed by atoms with Crippen LogP contribution in [0.1, 0.15) is 18.6 Å². The summed E-state index contributed by atoms with van der Waals surface area (Å²) in [6, 6.07) is 13.7. The van der Waals surface area contributed by atoms with Gasteiger partial charge in [0.05, 0.1) is 22.9 Å². The minimum Gasteiger partial charge on any atom is -0.448 e. The Kier molecular flexibility index (Phi) is 5.91. The molecule has 1 atom stereocenters. The van der Waals surface area contributed by atoms with Crippen molar-refractivity contribution >= 4 is 13.4 Å². The molecule has 9 nitrogen and oxygen atoms in total. The van der Waals surface area contributed by atoms with E-state index in [9.17, 15) is 19.1 Å². The van der Waals surface area contributed by atoms with Crippen molar-refractivity contribution in [2.75, 3.05) is 26.2 Å². The van der Waals surface area contributed by atoms with Crippen molar-refractivity contribution in [1.29, 1.82) is 0 Å². The van der Waals surface area contributed by atoms with Crippen molar-refractivity contribution in [3.63, 3.8) is 0 Å². The van der Waals surface area contributed by atoms with E-state index in [1.54, 1.807) is 37.3 Å². The number of aromatic nitrogens is 1. The molecule has 0 amide bonds. The van der Waals surface area contributed by atoms with Gasteiger partial charge in [0.1, 0.15) is 11.6 Å². The highest BCUT2D eigenvalue weighted by Gasteiger charge is 2.50. The molecule has 3 aromatic rings. The summed E-state index contributed by atoms with van der Waals surface area (Å²) in [5, 5.41) is 11.6. The number of ether oxygens (including phenoxy) is 1. The lowest BCUT2D eigenvalue weighted by molar-refractivity contribution is -0.385. The standard InChI is InChI=1S/C23H22FN4O5P/c1-16(33-34(31,26-10-11-26)27-12-13-27)18-4-9-22(28(29)30)23(14-18)32-20-7-8-21(25-15-20)17-2-5-19(24)6-3-17/h2-9,14-16H,10-13H2,1H3. The van der Waals surface area contributed by atoms with Crippen molar-refractivity contribution in [3.8, 4) is 22.8 Å². The lowest BCUT2D eigenvalue weighted by atomic mass is 10.1. The van der Waals surface area contributed by atoms with E-state index in [-0.39, 0.29) is 17.3 Å². The number of halogens is 1. The maximum atomic E-state index is 13.3. The van der Waals surface area contributed by atoms with Gasteiger partial charge in [0.2, 0.25) is 5.75 Å². The second kappa shape index (κ2) is 8.88. The Morgan fingerprint density at radius 3 is 2.29 bits per heavy atom. The van der Waals surface area contributed by atoms with E-state index in [1.165, 1.54) is 30.5 Å². The molecule has 5 rings (SSSR count). The highest BCUT2D eigenvalue weighted by Crippen LogP contribution is 2.63. The van der Waals surface area contributed by atoms with Crippen LogP contribution in [0.25, 0.3) is 11.3 Å². The molecule has 0 saturated carbocycles. The Morgan fingerprint density at radius 2 is 1.74 bits per heavy atom. The fourth-order valence-corrected chi connectivity index (χ4v) is 5.90. The van der Waals surface area contributed by atoms with Gasteiger partial charge in [-0.3, -0.25) is 24.2 Å². The molecule has 2 fully saturated rings. The molecule has 176 valence electrons. The average Bonchev–Trinajstić information content (AvgIpc) is 3.72. The zero-order chi connectivity index (χ0) is 23.9. The Morgan fingerprint density at radius 1 is 1.06 bits per heavy atom. The van der Waals surface area contributed by atoms with Gasteiger partial charge in [-0.05, 0) is 61.0 Å². The lowest BCUT2D eigenvalue weighted by Gasteiger charge is -2.24. The number of nitro benzene ring substituents is 1. The molecular formula is C23H22FN4O5P. The van der Waals surface area contributed by atoms with E-state index in [0.29, 0.717) is 17.0 Å². The van der Waals surface area contributed by atoms with Gasteiger partial charge in [-0.25, -0.2) is 13.7 Å². The number of rotatable bonds is 9. The third-order valence-electron chi connectivity index (χ3n) is 5.61. The molecule has 11 heteroatoms. The molecule has 2 aliphatic rings. The van der Waals surface area contributed by atoms with Crippen LogP contribution in [-0.2, 0) is 9.09 Å². The second-order valence-corrected chi connectivity index (χ2v) is 10.4. The summed E-state index contributed by atoms with van der Waals surface area (Å²) in [5.74, 6) is -0.00444. The van der Waals surface area contributed by atoms with Crippen molar-refractivity contribution < 1.29 is 23.1 Å². The van der Waals surface area contributed by atoms with Crippen LogP contribution < -0.4 is 4.74 Å². The number of nitrogens with zero attached hydrogens (tertiary/aromatic N) is 4. The predicted molar refractivity (Wildman–Crippen MR) is 123 cm³/mol. The van der Waals surface area contributed by atoms with Gasteiger partial charge in [0, 0.05) is 37.8 Å². The van der Waals surface area contributed by atoms with Gasteiger partial charge in [0.15, 0.2) is 0 Å². The predicted octanol–water partition coefficient (Wildman–Crippen LogP) is 5.41. The van der Waals surface area contributed by atoms with E-state index in [2.05, 4.69) is 4.98 Å². The number of hydrogen-bond donors (Lipinski definition) is 0. The maximum Gasteiger partial charge on any atom is 0.346 e. The van der Waals surface area contributed by atoms with E-state index >= 15 is 0 Å². The number of benzene rings is 2. The maximum absolute atomic E-state index is 13.3. The fourth-order valence-electron chi connectivity index (χ4n) is 3.55. The molecule has 3 heterocycles. The summed E-state index contributed by atoms with van der Waals surface area (Å²) in [6.07, 6.45) is 0.887. The highest BCUT2D eigenvalue weighted by atomic mass is 31.2. The van der Waals surface area contributed by atoms with E-state index < -0.39 is 18.7 Å². The van der Waals surface area contributed by atoms with Gasteiger partial charge in [-0.2, -0.15) is 0 Å². The third kappa shape index (κ3) is 4.71. The largest absolute Gasteiger partial charge is 0.448 e. The minimum absolute atomic E-state index is 0.0302. The van der Waals surface area contributed by atoms with Crippen molar-refractivity contribution in [1.82, 2.24) is 14.3 Å². The minimum atomic E-state index is -3.05. The average molecular weight is 484 g/mol. The van der Waals surface area contributed by atoms with Crippen LogP contribution in [0.4, 0.5) is 10.1 Å². The Balaban J connectivity index is 1.37. The normalized spacial score (nSPS) is 16.8. The van der Waals surface area contributed by atoms with Gasteiger partial charge in [-0.1, -0.05) is 0 Å². The molecule has 2 aromatic carbocycles. The molecule has 2 saturated heterocycles. The number of hydrogen-bond acceptors (Lipinski definition) is 6. The molecule has 34 heavy (non-hydrogen) atoms. The zero-order valence-corrected chi connectivity index (χ0v) is 19.2. The SMILES string of the molecule is CC(OP(=O)(N1CC1)N1CC1)c1ccc([N+](=O)[O-])c(Oc2ccc(-c3ccc(F)cc3)nc2)c1. The second-order valence-electron chi connectivity index (χ2n) is 8.12. The third-order valence-corrected chi connectivity index (χ3v) is 8.43. The quantitative estimate of drug-likeness (QED) is 0.172. The molecule has 0 aliphatic carbocycles. The number of pyridine rings is 1. The molecule has 0 spiro atoms. The van der Waals surface area contributed by atoms with Crippen LogP contribution >= 0.6 is 7.67 Å². The Bertz CT molecular complexity index is 1250. The summed E-state index contributed by atoms with van der Waals surface area (Å²) >= 11 is 0. The zero-order valence-electron chi connectivity index (χ0n) is 18.3. The molecule has 1 aromatic heterocycles. The van der Waals surface area contributed by atoms with Crippen LogP contribution in [0.15, 0.2) is 60.8 Å². The first-order valence-corrected chi connectivity index (χ1v) is 12.3. The van der Waals surface area contributed by atoms with Crippen molar-refractivity contribution in [2.24, 2.45) is 0 Å². The summed E-state index contributed by atoms with van der Waals surface area (Å²) in [7, 11) is -3.05. The Labute approximate surface area is 195 Å². The van der Waals surface area contributed by atoms with Crippen LogP contribution in [0.3, 0.4) is 0 Å². The van der Waals surface area contributed by atoms with Gasteiger partial charge >= 0.3 is 13.4 Å². The van der Waals surface area contributed by atoms with E-state index in [0.717, 1.165) is 31.7 Å². The van der Waals surface area contributed by atoms with Gasteiger partial charge in [0.25, 0.3) is 0 Å². The first-order chi connectivity index (χ1) is 16.3. The molecule has 1 unspecified atom stereocenters. The smallest absolute Gasteiger partial charge is 0.346 e. The summed E-state index contributed by atoms with van der Waals surface area (Å²) in [4.78, 5) is 15.4. The highest BCUT2D eigenvalue weighted by molar-refractivity contribution is 7.54. The summed E-state index contributed by atoms with van der Waals surface area (Å²) in [6.45, 7) is 4.70. The molecule has 2 aliphatic heterocycles. The first kappa shape index (κ1) is 22.6. The van der Waals surface area contributed by atoms with E-state index in [4.69, 9.17) is 9.26 Å². The molecule has 0 bridgehead atoms. The topological polar surface area (TPSA) is 97.6 Å². The van der Waals surface area contributed by atoms with Crippen molar-refractivity contribution in [3.05, 3.63) is 82.3 Å². The summed E-state index contributed by atoms with van der Waals surface area (Å²) < 4.78 is 41.9. The van der Waals surface area contributed by atoms with Crippen LogP contribution in [0.2, 0.25) is 0 Å². The molecule has 0 radical (unpaired) electrons. The van der Waals surface area contributed by atoms with Gasteiger partial charge < -0.3 is 4.74 Å². The summed E-state index contributed by atoms with van der Waals surface area (Å²) in [5.41, 5.74) is 1.74. The van der Waals surface area contributed by atoms with Crippen LogP contribution in [0.5, 0.6) is 11.5 Å². The monoisotopic (exact) mass is 484 g/mol. The van der Waals surface area contributed by atoms with Crippen LogP contribution in [-0.4, -0.2) is 45.4 Å². The van der Waals surface area contributed by atoms with Gasteiger partial charge in [-0.15, -0.1) is 0 Å². The van der Waals surface area contributed by atoms with E-state index in [1.807, 2.05) is 9.34 Å². The number of nitro groups is 1. The fraction of sp³-hybridized carbons (Fsp3) is 0.261. The molecule has 0 N–H and O–H groups in total.